The molecule has 7 nitrogen and oxygen atoms in total. The molecule has 1 heterocycles. The summed E-state index contributed by atoms with van der Waals surface area (Å²) in [7, 11) is -4.11. The minimum Gasteiger partial charge on any atom is -0.447 e. The van der Waals surface area contributed by atoms with E-state index in [9.17, 15) is 19.0 Å². The summed E-state index contributed by atoms with van der Waals surface area (Å²) in [5.74, 6) is -0.757. The van der Waals surface area contributed by atoms with Gasteiger partial charge < -0.3 is 14.2 Å². The van der Waals surface area contributed by atoms with Gasteiger partial charge in [0, 0.05) is 0 Å². The minimum absolute atomic E-state index is 0.0709. The van der Waals surface area contributed by atoms with Crippen molar-refractivity contribution in [2.75, 3.05) is 12.8 Å². The van der Waals surface area contributed by atoms with E-state index in [4.69, 9.17) is 9.26 Å². The molecule has 0 aliphatic carbocycles. The summed E-state index contributed by atoms with van der Waals surface area (Å²) in [4.78, 5) is 35.0. The highest BCUT2D eigenvalue weighted by atomic mass is 31.2. The van der Waals surface area contributed by atoms with Crippen molar-refractivity contribution in [3.63, 3.8) is 0 Å². The maximum Gasteiger partial charge on any atom is 0.417 e. The lowest BCUT2D eigenvalue weighted by molar-refractivity contribution is -0.126. The van der Waals surface area contributed by atoms with Crippen LogP contribution in [0.2, 0.25) is 0 Å². The maximum absolute atomic E-state index is 12.4. The van der Waals surface area contributed by atoms with Gasteiger partial charge in [-0.1, -0.05) is 37.3 Å². The smallest absolute Gasteiger partial charge is 0.417 e. The molecule has 2 amide bonds. The minimum atomic E-state index is -4.11. The van der Waals surface area contributed by atoms with Gasteiger partial charge in [-0.05, 0) is 25.3 Å². The average molecular weight is 355 g/mol. The summed E-state index contributed by atoms with van der Waals surface area (Å²) in [6.45, 7) is 3.53. The zero-order valence-electron chi connectivity index (χ0n) is 13.8. The number of nitrogens with zero attached hydrogens (tertiary/aromatic N) is 1. The standard InChI is InChI=1S/C16H22NO6P/c1-3-12(2)23-24(20,21)11-15(18)17-14(10-22-16(17)19)9-13-7-5-4-6-8-13/h4-8,12,14H,3,9-11H2,1-2H3,(H,20,21). The Balaban J connectivity index is 2.05. The molecule has 1 N–H and O–H groups in total. The first-order valence-electron chi connectivity index (χ1n) is 7.85. The Morgan fingerprint density at radius 3 is 2.75 bits per heavy atom. The van der Waals surface area contributed by atoms with Gasteiger partial charge in [0.2, 0.25) is 5.91 Å². The Kier molecular flexibility index (Phi) is 6.15. The third-order valence-corrected chi connectivity index (χ3v) is 5.16. The fourth-order valence-corrected chi connectivity index (χ4v) is 3.72. The van der Waals surface area contributed by atoms with E-state index in [1.54, 1.807) is 13.8 Å². The SMILES string of the molecule is CCC(C)OP(=O)(O)CC(=O)N1C(=O)OCC1Cc1ccccc1. The number of rotatable bonds is 7. The highest BCUT2D eigenvalue weighted by Crippen LogP contribution is 2.44. The van der Waals surface area contributed by atoms with E-state index >= 15 is 0 Å². The second-order valence-corrected chi connectivity index (χ2v) is 7.61. The summed E-state index contributed by atoms with van der Waals surface area (Å²) in [5.41, 5.74) is 0.946. The average Bonchev–Trinajstić information content (AvgIpc) is 2.88. The van der Waals surface area contributed by atoms with Crippen LogP contribution in [0.15, 0.2) is 30.3 Å². The molecule has 0 aromatic heterocycles. The van der Waals surface area contributed by atoms with E-state index in [0.29, 0.717) is 12.8 Å². The predicted molar refractivity (Wildman–Crippen MR) is 87.7 cm³/mol. The topological polar surface area (TPSA) is 93.1 Å². The van der Waals surface area contributed by atoms with E-state index in [-0.39, 0.29) is 6.61 Å². The van der Waals surface area contributed by atoms with Gasteiger partial charge in [0.25, 0.3) is 0 Å². The fraction of sp³-hybridized carbons (Fsp3) is 0.500. The summed E-state index contributed by atoms with van der Waals surface area (Å²) in [5, 5.41) is 0. The Morgan fingerprint density at radius 2 is 2.12 bits per heavy atom. The molecule has 0 radical (unpaired) electrons. The van der Waals surface area contributed by atoms with Crippen molar-refractivity contribution in [3.05, 3.63) is 35.9 Å². The summed E-state index contributed by atoms with van der Waals surface area (Å²) >= 11 is 0. The predicted octanol–water partition coefficient (Wildman–Crippen LogP) is 2.58. The normalized spacial score (nSPS) is 21.2. The van der Waals surface area contributed by atoms with Gasteiger partial charge in [-0.15, -0.1) is 0 Å². The van der Waals surface area contributed by atoms with Crippen molar-refractivity contribution in [3.8, 4) is 0 Å². The van der Waals surface area contributed by atoms with Crippen molar-refractivity contribution >= 4 is 19.6 Å². The van der Waals surface area contributed by atoms with Crippen LogP contribution in [0.1, 0.15) is 25.8 Å². The first-order chi connectivity index (χ1) is 11.3. The Bertz CT molecular complexity index is 635. The van der Waals surface area contributed by atoms with Gasteiger partial charge >= 0.3 is 13.7 Å². The van der Waals surface area contributed by atoms with Crippen LogP contribution in [0.25, 0.3) is 0 Å². The molecule has 0 bridgehead atoms. The van der Waals surface area contributed by atoms with Crippen LogP contribution in [-0.4, -0.2) is 46.7 Å². The molecular weight excluding hydrogens is 333 g/mol. The fourth-order valence-electron chi connectivity index (χ4n) is 2.44. The van der Waals surface area contributed by atoms with Crippen LogP contribution in [0.3, 0.4) is 0 Å². The summed E-state index contributed by atoms with van der Waals surface area (Å²) in [6.07, 6.45) is -0.997. The van der Waals surface area contributed by atoms with Crippen LogP contribution in [0.5, 0.6) is 0 Å². The molecule has 132 valence electrons. The highest BCUT2D eigenvalue weighted by Gasteiger charge is 2.40. The van der Waals surface area contributed by atoms with Gasteiger partial charge in [-0.25, -0.2) is 9.69 Å². The van der Waals surface area contributed by atoms with Crippen molar-refractivity contribution in [2.24, 2.45) is 0 Å². The molecule has 1 fully saturated rings. The molecule has 1 aromatic carbocycles. The zero-order valence-corrected chi connectivity index (χ0v) is 14.6. The van der Waals surface area contributed by atoms with Crippen LogP contribution >= 0.6 is 7.60 Å². The lowest BCUT2D eigenvalue weighted by atomic mass is 10.1. The molecular formula is C16H22NO6P. The van der Waals surface area contributed by atoms with Crippen LogP contribution in [-0.2, 0) is 25.0 Å². The molecule has 2 rings (SSSR count). The first-order valence-corrected chi connectivity index (χ1v) is 9.61. The second-order valence-electron chi connectivity index (χ2n) is 5.80. The molecule has 1 saturated heterocycles. The quantitative estimate of drug-likeness (QED) is 0.756. The van der Waals surface area contributed by atoms with Gasteiger partial charge in [-0.3, -0.25) is 9.36 Å². The Hall–Kier alpha value is -1.69. The van der Waals surface area contributed by atoms with E-state index in [2.05, 4.69) is 0 Å². The monoisotopic (exact) mass is 355 g/mol. The summed E-state index contributed by atoms with van der Waals surface area (Å²) in [6, 6.07) is 8.87. The maximum atomic E-state index is 12.4. The van der Waals surface area contributed by atoms with Gasteiger partial charge in [0.1, 0.15) is 12.8 Å². The number of hydrogen-bond donors (Lipinski definition) is 1. The lowest BCUT2D eigenvalue weighted by Gasteiger charge is -2.22. The van der Waals surface area contributed by atoms with Crippen LogP contribution in [0.4, 0.5) is 4.79 Å². The molecule has 0 spiro atoms. The number of hydrogen-bond acceptors (Lipinski definition) is 5. The van der Waals surface area contributed by atoms with Gasteiger partial charge in [0.15, 0.2) is 0 Å². The number of imide groups is 1. The lowest BCUT2D eigenvalue weighted by Crippen LogP contribution is -2.41. The van der Waals surface area contributed by atoms with Gasteiger partial charge in [0.05, 0.1) is 12.1 Å². The molecule has 1 aliphatic rings. The number of carbonyl (C=O) groups excluding carboxylic acids is 2. The largest absolute Gasteiger partial charge is 0.447 e. The van der Waals surface area contributed by atoms with Crippen LogP contribution < -0.4 is 0 Å². The Labute approximate surface area is 141 Å². The molecule has 0 saturated carbocycles. The molecule has 1 aromatic rings. The van der Waals surface area contributed by atoms with Crippen molar-refractivity contribution in [1.82, 2.24) is 4.90 Å². The Morgan fingerprint density at radius 1 is 1.46 bits per heavy atom. The van der Waals surface area contributed by atoms with Gasteiger partial charge in [-0.2, -0.15) is 0 Å². The molecule has 1 aliphatic heterocycles. The van der Waals surface area contributed by atoms with E-state index in [1.807, 2.05) is 30.3 Å². The number of benzene rings is 1. The number of carbonyl (C=O) groups is 2. The highest BCUT2D eigenvalue weighted by molar-refractivity contribution is 7.53. The number of cyclic esters (lactones) is 1. The van der Waals surface area contributed by atoms with E-state index in [0.717, 1.165) is 10.5 Å². The first kappa shape index (κ1) is 18.6. The van der Waals surface area contributed by atoms with E-state index in [1.165, 1.54) is 0 Å². The zero-order chi connectivity index (χ0) is 17.7. The molecule has 8 heteroatoms. The second kappa shape index (κ2) is 7.92. The van der Waals surface area contributed by atoms with Crippen molar-refractivity contribution in [2.45, 2.75) is 38.8 Å². The number of amides is 2. The third kappa shape index (κ3) is 4.90. The summed E-state index contributed by atoms with van der Waals surface area (Å²) < 4.78 is 22.0. The molecule has 3 atom stereocenters. The van der Waals surface area contributed by atoms with Crippen molar-refractivity contribution in [1.29, 1.82) is 0 Å². The van der Waals surface area contributed by atoms with Crippen LogP contribution in [0, 0.1) is 0 Å². The van der Waals surface area contributed by atoms with E-state index < -0.39 is 37.9 Å². The van der Waals surface area contributed by atoms with Crippen molar-refractivity contribution < 1.29 is 28.3 Å². The molecule has 24 heavy (non-hydrogen) atoms. The molecule has 3 unspecified atom stereocenters. The number of ether oxygens (including phenoxy) is 1. The third-order valence-electron chi connectivity index (χ3n) is 3.80.